The highest BCUT2D eigenvalue weighted by Gasteiger charge is 2.12. The quantitative estimate of drug-likeness (QED) is 0.909. The molecule has 0 spiro atoms. The van der Waals surface area contributed by atoms with E-state index in [1.807, 2.05) is 30.1 Å². The fraction of sp³-hybridized carbons (Fsp3) is 0.533. The van der Waals surface area contributed by atoms with E-state index in [-0.39, 0.29) is 0 Å². The Morgan fingerprint density at radius 2 is 2.00 bits per heavy atom. The second-order valence-corrected chi connectivity index (χ2v) is 5.65. The predicted octanol–water partition coefficient (Wildman–Crippen LogP) is 2.59. The summed E-state index contributed by atoms with van der Waals surface area (Å²) in [5.41, 5.74) is 2.91. The predicted molar refractivity (Wildman–Crippen MR) is 80.0 cm³/mol. The van der Waals surface area contributed by atoms with Crippen LogP contribution in [-0.2, 0) is 6.54 Å². The SMILES string of the molecule is Cc1ccn(-c2cnc(C(C)C)nc2CNC(C)C)n1. The van der Waals surface area contributed by atoms with Gasteiger partial charge in [-0.2, -0.15) is 5.10 Å². The number of nitrogens with one attached hydrogen (secondary N) is 1. The van der Waals surface area contributed by atoms with Crippen molar-refractivity contribution in [3.63, 3.8) is 0 Å². The van der Waals surface area contributed by atoms with E-state index in [2.05, 4.69) is 43.1 Å². The lowest BCUT2D eigenvalue weighted by atomic mass is 10.2. The van der Waals surface area contributed by atoms with E-state index < -0.39 is 0 Å². The number of aryl methyl sites for hydroxylation is 1. The van der Waals surface area contributed by atoms with Crippen molar-refractivity contribution in [1.82, 2.24) is 25.1 Å². The van der Waals surface area contributed by atoms with Crippen molar-refractivity contribution >= 4 is 0 Å². The Kier molecular flexibility index (Phi) is 4.49. The molecule has 5 heteroatoms. The third kappa shape index (κ3) is 3.42. The molecule has 108 valence electrons. The molecule has 0 aliphatic rings. The summed E-state index contributed by atoms with van der Waals surface area (Å²) in [5, 5.41) is 7.87. The molecule has 0 aliphatic heterocycles. The van der Waals surface area contributed by atoms with Crippen LogP contribution in [0.1, 0.15) is 50.8 Å². The van der Waals surface area contributed by atoms with Gasteiger partial charge in [-0.3, -0.25) is 0 Å². The van der Waals surface area contributed by atoms with Crippen molar-refractivity contribution in [2.24, 2.45) is 0 Å². The second-order valence-electron chi connectivity index (χ2n) is 5.65. The molecule has 0 aromatic carbocycles. The molecule has 0 unspecified atom stereocenters. The number of aromatic nitrogens is 4. The molecule has 1 N–H and O–H groups in total. The molecule has 5 nitrogen and oxygen atoms in total. The molecule has 2 rings (SSSR count). The van der Waals surface area contributed by atoms with Gasteiger partial charge < -0.3 is 5.32 Å². The number of rotatable bonds is 5. The van der Waals surface area contributed by atoms with E-state index in [4.69, 9.17) is 4.98 Å². The third-order valence-electron chi connectivity index (χ3n) is 3.03. The van der Waals surface area contributed by atoms with Crippen molar-refractivity contribution in [2.75, 3.05) is 0 Å². The van der Waals surface area contributed by atoms with Gasteiger partial charge >= 0.3 is 0 Å². The molecule has 0 saturated heterocycles. The largest absolute Gasteiger partial charge is 0.309 e. The molecule has 2 aromatic heterocycles. The van der Waals surface area contributed by atoms with E-state index in [0.717, 1.165) is 22.9 Å². The topological polar surface area (TPSA) is 55.6 Å². The lowest BCUT2D eigenvalue weighted by Crippen LogP contribution is -2.24. The van der Waals surface area contributed by atoms with Crippen LogP contribution in [-0.4, -0.2) is 25.8 Å². The lowest BCUT2D eigenvalue weighted by Gasteiger charge is -2.14. The summed E-state index contributed by atoms with van der Waals surface area (Å²) in [7, 11) is 0. The Hall–Kier alpha value is -1.75. The Balaban J connectivity index is 2.38. The highest BCUT2D eigenvalue weighted by Crippen LogP contribution is 2.15. The fourth-order valence-electron chi connectivity index (χ4n) is 1.88. The molecule has 2 aromatic rings. The summed E-state index contributed by atoms with van der Waals surface area (Å²) in [6.45, 7) is 11.2. The molecule has 0 bridgehead atoms. The van der Waals surface area contributed by atoms with Gasteiger partial charge in [0.2, 0.25) is 0 Å². The van der Waals surface area contributed by atoms with Crippen molar-refractivity contribution in [3.05, 3.63) is 35.7 Å². The van der Waals surface area contributed by atoms with Crippen LogP contribution in [0.5, 0.6) is 0 Å². The number of hydrogen-bond donors (Lipinski definition) is 1. The molecule has 20 heavy (non-hydrogen) atoms. The van der Waals surface area contributed by atoms with Crippen LogP contribution in [0.25, 0.3) is 5.69 Å². The second kappa shape index (κ2) is 6.13. The molecule has 0 fully saturated rings. The standard InChI is InChI=1S/C15H23N5/c1-10(2)15-17-9-14(20-7-6-12(5)19-20)13(18-15)8-16-11(3)4/h6-7,9-11,16H,8H2,1-5H3. The van der Waals surface area contributed by atoms with E-state index in [0.29, 0.717) is 18.5 Å². The summed E-state index contributed by atoms with van der Waals surface area (Å²) >= 11 is 0. The average molecular weight is 273 g/mol. The summed E-state index contributed by atoms with van der Waals surface area (Å²) in [6.07, 6.45) is 3.81. The molecule has 0 saturated carbocycles. The lowest BCUT2D eigenvalue weighted by molar-refractivity contribution is 0.573. The van der Waals surface area contributed by atoms with Gasteiger partial charge in [0.25, 0.3) is 0 Å². The number of nitrogens with zero attached hydrogens (tertiary/aromatic N) is 4. The Morgan fingerprint density at radius 3 is 2.55 bits per heavy atom. The summed E-state index contributed by atoms with van der Waals surface area (Å²) in [6, 6.07) is 2.40. The zero-order valence-corrected chi connectivity index (χ0v) is 12.9. The maximum atomic E-state index is 4.70. The maximum Gasteiger partial charge on any atom is 0.131 e. The maximum absolute atomic E-state index is 4.70. The first kappa shape index (κ1) is 14.7. The van der Waals surface area contributed by atoms with Crippen LogP contribution < -0.4 is 5.32 Å². The minimum absolute atomic E-state index is 0.321. The van der Waals surface area contributed by atoms with Crippen LogP contribution in [0.2, 0.25) is 0 Å². The molecule has 0 aliphatic carbocycles. The van der Waals surface area contributed by atoms with Gasteiger partial charge in [0.1, 0.15) is 11.5 Å². The Labute approximate surface area is 120 Å². The highest BCUT2D eigenvalue weighted by molar-refractivity contribution is 5.34. The first-order valence-electron chi connectivity index (χ1n) is 7.09. The molecular formula is C15H23N5. The number of hydrogen-bond acceptors (Lipinski definition) is 4. The van der Waals surface area contributed by atoms with Crippen molar-refractivity contribution in [2.45, 2.75) is 53.1 Å². The minimum Gasteiger partial charge on any atom is -0.309 e. The van der Waals surface area contributed by atoms with Crippen LogP contribution in [0.4, 0.5) is 0 Å². The van der Waals surface area contributed by atoms with E-state index in [1.54, 1.807) is 0 Å². The first-order valence-corrected chi connectivity index (χ1v) is 7.09. The molecule has 0 amide bonds. The van der Waals surface area contributed by atoms with Crippen LogP contribution in [0, 0.1) is 6.92 Å². The fourth-order valence-corrected chi connectivity index (χ4v) is 1.88. The average Bonchev–Trinajstić information content (AvgIpc) is 2.82. The molecule has 2 heterocycles. The summed E-state index contributed by atoms with van der Waals surface area (Å²) in [5.74, 6) is 1.19. The van der Waals surface area contributed by atoms with Crippen LogP contribution in [0.15, 0.2) is 18.5 Å². The Morgan fingerprint density at radius 1 is 1.25 bits per heavy atom. The molecule has 0 radical (unpaired) electrons. The third-order valence-corrected chi connectivity index (χ3v) is 3.03. The van der Waals surface area contributed by atoms with Crippen LogP contribution >= 0.6 is 0 Å². The van der Waals surface area contributed by atoms with E-state index in [9.17, 15) is 0 Å². The zero-order valence-electron chi connectivity index (χ0n) is 12.9. The van der Waals surface area contributed by atoms with Gasteiger partial charge in [-0.15, -0.1) is 0 Å². The van der Waals surface area contributed by atoms with Crippen LogP contribution in [0.3, 0.4) is 0 Å². The highest BCUT2D eigenvalue weighted by atomic mass is 15.3. The minimum atomic E-state index is 0.321. The van der Waals surface area contributed by atoms with Crippen molar-refractivity contribution in [3.8, 4) is 5.69 Å². The summed E-state index contributed by atoms with van der Waals surface area (Å²) in [4.78, 5) is 9.15. The van der Waals surface area contributed by atoms with Gasteiger partial charge in [0, 0.05) is 24.7 Å². The smallest absolute Gasteiger partial charge is 0.131 e. The van der Waals surface area contributed by atoms with Gasteiger partial charge in [0.15, 0.2) is 0 Å². The molecular weight excluding hydrogens is 250 g/mol. The summed E-state index contributed by atoms with van der Waals surface area (Å²) < 4.78 is 1.84. The van der Waals surface area contributed by atoms with Crippen molar-refractivity contribution < 1.29 is 0 Å². The van der Waals surface area contributed by atoms with Gasteiger partial charge in [-0.25, -0.2) is 14.6 Å². The van der Waals surface area contributed by atoms with E-state index >= 15 is 0 Å². The first-order chi connectivity index (χ1) is 9.47. The zero-order chi connectivity index (χ0) is 14.7. The van der Waals surface area contributed by atoms with Gasteiger partial charge in [-0.1, -0.05) is 27.7 Å². The van der Waals surface area contributed by atoms with Gasteiger partial charge in [-0.05, 0) is 13.0 Å². The van der Waals surface area contributed by atoms with Crippen molar-refractivity contribution in [1.29, 1.82) is 0 Å². The molecule has 0 atom stereocenters. The normalized spacial score (nSPS) is 11.6. The van der Waals surface area contributed by atoms with Gasteiger partial charge in [0.05, 0.1) is 17.6 Å². The Bertz CT molecular complexity index is 571. The monoisotopic (exact) mass is 273 g/mol. The van der Waals surface area contributed by atoms with E-state index in [1.165, 1.54) is 0 Å².